The number of benzene rings is 1. The lowest BCUT2D eigenvalue weighted by Crippen LogP contribution is -2.47. The molecule has 0 N–H and O–H groups in total. The van der Waals surface area contributed by atoms with Gasteiger partial charge < -0.3 is 9.30 Å². The van der Waals surface area contributed by atoms with Gasteiger partial charge in [0.25, 0.3) is 0 Å². The van der Waals surface area contributed by atoms with Crippen LogP contribution < -0.4 is 26.3 Å². The van der Waals surface area contributed by atoms with E-state index in [1.165, 1.54) is 0 Å². The summed E-state index contributed by atoms with van der Waals surface area (Å²) in [5, 5.41) is 1.27. The summed E-state index contributed by atoms with van der Waals surface area (Å²) in [4.78, 5) is 31.0. The number of aromatic nitrogens is 2. The third-order valence-electron chi connectivity index (χ3n) is 5.10. The van der Waals surface area contributed by atoms with Crippen LogP contribution in [0.3, 0.4) is 0 Å². The molecule has 3 aromatic rings. The highest BCUT2D eigenvalue weighted by atomic mass is 16.5. The lowest BCUT2D eigenvalue weighted by atomic mass is 10.0. The number of ketones is 1. The van der Waals surface area contributed by atoms with E-state index >= 15 is 0 Å². The Labute approximate surface area is 183 Å². The second-order valence-electron chi connectivity index (χ2n) is 7.27. The molecule has 0 saturated carbocycles. The molecule has 2 radical (unpaired) electrons. The third kappa shape index (κ3) is 4.69. The molecule has 0 amide bonds. The number of carbonyl (C=O) groups is 1. The number of aryl methyl sites for hydroxylation is 1. The van der Waals surface area contributed by atoms with Gasteiger partial charge in [-0.15, -0.1) is 0 Å². The summed E-state index contributed by atoms with van der Waals surface area (Å²) in [6, 6.07) is 10.6. The van der Waals surface area contributed by atoms with E-state index in [1.807, 2.05) is 49.6 Å². The van der Waals surface area contributed by atoms with Crippen LogP contribution in [0.5, 0.6) is 5.75 Å². The van der Waals surface area contributed by atoms with E-state index < -0.39 is 0 Å². The average molecular weight is 412 g/mol. The zero-order chi connectivity index (χ0) is 22.5. The number of methoxy groups -OCH3 is 1. The minimum atomic E-state index is -0.321. The predicted molar refractivity (Wildman–Crippen MR) is 125 cm³/mol. The standard InChI is InChI=1S/C25H25BN2O3/c1-5-8-19-21(6-2)28(14-18-9-7-10-23(26)27-18)15-20(25(19)30)24(29)17-11-12-22(31-4)16(3)13-17/h6-13,15H,5,14H2,1-4H3/b19-8+,21-6+. The topological polar surface area (TPSA) is 61.2 Å². The minimum Gasteiger partial charge on any atom is -0.496 e. The van der Waals surface area contributed by atoms with Crippen molar-refractivity contribution >= 4 is 31.4 Å². The van der Waals surface area contributed by atoms with E-state index in [1.54, 1.807) is 37.6 Å². The van der Waals surface area contributed by atoms with Crippen molar-refractivity contribution in [3.8, 4) is 5.75 Å². The van der Waals surface area contributed by atoms with Gasteiger partial charge in [-0.1, -0.05) is 31.2 Å². The van der Waals surface area contributed by atoms with E-state index in [9.17, 15) is 9.59 Å². The zero-order valence-electron chi connectivity index (χ0n) is 18.3. The molecule has 3 rings (SSSR count). The minimum absolute atomic E-state index is 0.124. The Bertz CT molecular complexity index is 1310. The molecule has 0 fully saturated rings. The molecule has 0 spiro atoms. The highest BCUT2D eigenvalue weighted by Crippen LogP contribution is 2.19. The number of hydrogen-bond donors (Lipinski definition) is 0. The summed E-state index contributed by atoms with van der Waals surface area (Å²) in [7, 11) is 7.41. The smallest absolute Gasteiger partial charge is 0.200 e. The van der Waals surface area contributed by atoms with Crippen LogP contribution in [0.15, 0.2) is 47.4 Å². The molecule has 156 valence electrons. The van der Waals surface area contributed by atoms with Crippen molar-refractivity contribution in [2.45, 2.75) is 33.7 Å². The van der Waals surface area contributed by atoms with Crippen LogP contribution in [0, 0.1) is 6.92 Å². The van der Waals surface area contributed by atoms with Crippen LogP contribution >= 0.6 is 0 Å². The van der Waals surface area contributed by atoms with Gasteiger partial charge in [0.2, 0.25) is 0 Å². The van der Waals surface area contributed by atoms with Gasteiger partial charge in [0.05, 0.1) is 24.9 Å². The molecule has 6 heteroatoms. The molecule has 2 aromatic heterocycles. The normalized spacial score (nSPS) is 12.3. The summed E-state index contributed by atoms with van der Waals surface area (Å²) in [5.41, 5.74) is 2.29. The summed E-state index contributed by atoms with van der Waals surface area (Å²) in [5.74, 6) is 0.371. The highest BCUT2D eigenvalue weighted by molar-refractivity contribution is 6.30. The number of ether oxygens (including phenoxy) is 1. The quantitative estimate of drug-likeness (QED) is 0.456. The largest absolute Gasteiger partial charge is 0.496 e. The van der Waals surface area contributed by atoms with Crippen molar-refractivity contribution in [3.05, 3.63) is 85.8 Å². The Morgan fingerprint density at radius 1 is 1.26 bits per heavy atom. The van der Waals surface area contributed by atoms with Crippen LogP contribution in [0.2, 0.25) is 0 Å². The van der Waals surface area contributed by atoms with Crippen molar-refractivity contribution < 1.29 is 9.53 Å². The maximum atomic E-state index is 13.3. The van der Waals surface area contributed by atoms with E-state index in [-0.39, 0.29) is 16.8 Å². The fraction of sp³-hybridized carbons (Fsp3) is 0.240. The second kappa shape index (κ2) is 9.60. The number of nitrogens with zero attached hydrogens (tertiary/aromatic N) is 2. The second-order valence-corrected chi connectivity index (χ2v) is 7.27. The number of carbonyl (C=O) groups excluding carboxylic acids is 1. The molecule has 0 atom stereocenters. The maximum Gasteiger partial charge on any atom is 0.200 e. The maximum absolute atomic E-state index is 13.3. The van der Waals surface area contributed by atoms with Crippen molar-refractivity contribution in [2.24, 2.45) is 0 Å². The number of hydrogen-bond acceptors (Lipinski definition) is 4. The molecule has 2 heterocycles. The molecule has 0 unspecified atom stereocenters. The van der Waals surface area contributed by atoms with Crippen LogP contribution in [0.4, 0.5) is 0 Å². The number of rotatable bonds is 6. The van der Waals surface area contributed by atoms with Crippen LogP contribution in [0.1, 0.15) is 47.4 Å². The SMILES string of the molecule is [B]c1cccc(Cn2cc(C(=O)c3ccc(OC)c(C)c3)c(=O)c(=C/CC)/c2=C\C)n1. The summed E-state index contributed by atoms with van der Waals surface area (Å²) >= 11 is 0. The predicted octanol–water partition coefficient (Wildman–Crippen LogP) is 1.62. The first-order chi connectivity index (χ1) is 14.9. The first-order valence-corrected chi connectivity index (χ1v) is 10.2. The highest BCUT2D eigenvalue weighted by Gasteiger charge is 2.17. The molecular weight excluding hydrogens is 387 g/mol. The van der Waals surface area contributed by atoms with Gasteiger partial charge in [0, 0.05) is 22.3 Å². The fourth-order valence-electron chi connectivity index (χ4n) is 3.65. The Morgan fingerprint density at radius 3 is 2.65 bits per heavy atom. The van der Waals surface area contributed by atoms with E-state index in [2.05, 4.69) is 4.98 Å². The molecule has 0 aliphatic heterocycles. The molecule has 5 nitrogen and oxygen atoms in total. The molecule has 0 aliphatic rings. The first kappa shape index (κ1) is 22.3. The molecule has 0 aliphatic carbocycles. The monoisotopic (exact) mass is 412 g/mol. The van der Waals surface area contributed by atoms with Crippen molar-refractivity contribution in [1.82, 2.24) is 9.55 Å². The summed E-state index contributed by atoms with van der Waals surface area (Å²) in [6.07, 6.45) is 6.03. The molecule has 31 heavy (non-hydrogen) atoms. The van der Waals surface area contributed by atoms with E-state index in [0.29, 0.717) is 35.1 Å². The van der Waals surface area contributed by atoms with Crippen molar-refractivity contribution in [3.63, 3.8) is 0 Å². The van der Waals surface area contributed by atoms with Gasteiger partial charge in [-0.2, -0.15) is 0 Å². The Hall–Kier alpha value is -3.41. The van der Waals surface area contributed by atoms with Gasteiger partial charge in [-0.05, 0) is 55.7 Å². The summed E-state index contributed by atoms with van der Waals surface area (Å²) in [6.45, 7) is 6.09. The van der Waals surface area contributed by atoms with Crippen LogP contribution in [-0.4, -0.2) is 30.3 Å². The van der Waals surface area contributed by atoms with Gasteiger partial charge >= 0.3 is 0 Å². The zero-order valence-corrected chi connectivity index (χ0v) is 18.3. The van der Waals surface area contributed by atoms with Gasteiger partial charge in [-0.3, -0.25) is 14.6 Å². The molecule has 1 aromatic carbocycles. The first-order valence-electron chi connectivity index (χ1n) is 10.2. The van der Waals surface area contributed by atoms with Gasteiger partial charge in [0.1, 0.15) is 13.6 Å². The van der Waals surface area contributed by atoms with E-state index in [4.69, 9.17) is 12.6 Å². The van der Waals surface area contributed by atoms with Crippen molar-refractivity contribution in [2.75, 3.05) is 7.11 Å². The molecule has 0 bridgehead atoms. The van der Waals surface area contributed by atoms with Crippen molar-refractivity contribution in [1.29, 1.82) is 0 Å². The lowest BCUT2D eigenvalue weighted by molar-refractivity contribution is 0.103. The van der Waals surface area contributed by atoms with Gasteiger partial charge in [-0.25, -0.2) is 0 Å². The average Bonchev–Trinajstić information content (AvgIpc) is 2.75. The summed E-state index contributed by atoms with van der Waals surface area (Å²) < 4.78 is 7.17. The van der Waals surface area contributed by atoms with E-state index in [0.717, 1.165) is 16.6 Å². The van der Waals surface area contributed by atoms with Crippen LogP contribution in [0.25, 0.3) is 12.2 Å². The fourth-order valence-corrected chi connectivity index (χ4v) is 3.65. The van der Waals surface area contributed by atoms with Gasteiger partial charge in [0.15, 0.2) is 11.2 Å². The lowest BCUT2D eigenvalue weighted by Gasteiger charge is -2.12. The molecular formula is C25H25BN2O3. The Morgan fingerprint density at radius 2 is 2.03 bits per heavy atom. The Kier molecular flexibility index (Phi) is 6.90. The van der Waals surface area contributed by atoms with Crippen LogP contribution in [-0.2, 0) is 6.54 Å². The molecule has 0 saturated heterocycles. The number of pyridine rings is 2. The third-order valence-corrected chi connectivity index (χ3v) is 5.10. The Balaban J connectivity index is 2.22.